The molecule has 0 radical (unpaired) electrons. The minimum absolute atomic E-state index is 0. The van der Waals surface area contributed by atoms with E-state index in [4.69, 9.17) is 0 Å². The van der Waals surface area contributed by atoms with Crippen molar-refractivity contribution >= 4 is 39.4 Å². The first-order valence-electron chi connectivity index (χ1n) is 10.7. The van der Waals surface area contributed by atoms with Crippen molar-refractivity contribution in [3.8, 4) is 0 Å². The van der Waals surface area contributed by atoms with Crippen LogP contribution in [0.2, 0.25) is 0 Å². The zero-order valence-corrected chi connectivity index (χ0v) is 23.3. The van der Waals surface area contributed by atoms with E-state index in [9.17, 15) is 34.1 Å². The zero-order chi connectivity index (χ0) is 26.1. The van der Waals surface area contributed by atoms with Gasteiger partial charge in [0.15, 0.2) is 0 Å². The Labute approximate surface area is 241 Å². The molecule has 0 aromatic heterocycles. The van der Waals surface area contributed by atoms with Gasteiger partial charge < -0.3 is 43.9 Å². The fourth-order valence-electron chi connectivity index (χ4n) is 3.31. The fourth-order valence-corrected chi connectivity index (χ4v) is 4.84. The van der Waals surface area contributed by atoms with Crippen molar-refractivity contribution in [3.63, 3.8) is 0 Å². The van der Waals surface area contributed by atoms with Crippen molar-refractivity contribution < 1.29 is 80.8 Å². The largest absolute Gasteiger partial charge is 1.00 e. The molecular weight excluding hydrogens is 511 g/mol. The molecule has 0 saturated carbocycles. The van der Waals surface area contributed by atoms with Gasteiger partial charge in [-0.1, -0.05) is 30.3 Å². The number of rotatable bonds is 14. The molecule has 2 aromatic rings. The Hall–Kier alpha value is -0.650. The summed E-state index contributed by atoms with van der Waals surface area (Å²) in [6.07, 6.45) is -0.290. The summed E-state index contributed by atoms with van der Waals surface area (Å²) in [5, 5.41) is 34.3. The van der Waals surface area contributed by atoms with Crippen LogP contribution in [0.25, 0.3) is 0 Å². The predicted octanol–water partition coefficient (Wildman–Crippen LogP) is -5.63. The fraction of sp³-hybridized carbons (Fsp3) is 0.381. The van der Waals surface area contributed by atoms with Crippen LogP contribution in [0.1, 0.15) is 29.5 Å². The van der Waals surface area contributed by atoms with E-state index in [0.29, 0.717) is 30.5 Å². The van der Waals surface area contributed by atoms with E-state index in [1.807, 2.05) is 0 Å². The molecule has 192 valence electrons. The third-order valence-corrected chi connectivity index (χ3v) is 7.65. The monoisotopic (exact) mass is 540 g/mol. The molecule has 0 aliphatic carbocycles. The number of nitrogens with one attached hydrogen (secondary N) is 1. The molecule has 0 heterocycles. The summed E-state index contributed by atoms with van der Waals surface area (Å²) < 4.78 is 32.9. The van der Waals surface area contributed by atoms with Gasteiger partial charge in [0.25, 0.3) is 0 Å². The molecule has 2 atom stereocenters. The number of nitrogens with zero attached hydrogens (tertiary/aromatic N) is 1. The molecule has 0 fully saturated rings. The number of aliphatic imine (C=N–C) groups is 1. The summed E-state index contributed by atoms with van der Waals surface area (Å²) in [7, 11) is -7.54. The van der Waals surface area contributed by atoms with Gasteiger partial charge in [0.05, 0.1) is 11.8 Å². The van der Waals surface area contributed by atoms with Gasteiger partial charge in [0, 0.05) is 26.9 Å². The van der Waals surface area contributed by atoms with Crippen molar-refractivity contribution in [1.82, 2.24) is 5.32 Å². The molecule has 2 rings (SSSR count). The zero-order valence-electron chi connectivity index (χ0n) is 21.5. The Bertz CT molecular complexity index is 1080. The van der Waals surface area contributed by atoms with Crippen molar-refractivity contribution in [2.24, 2.45) is 4.99 Å². The predicted molar refractivity (Wildman–Crippen MR) is 130 cm³/mol. The van der Waals surface area contributed by atoms with Gasteiger partial charge >= 0.3 is 52.4 Å². The van der Waals surface area contributed by atoms with Gasteiger partial charge in [-0.15, -0.1) is 0 Å². The quantitative estimate of drug-likeness (QED) is 0.0593. The molecule has 0 amide bonds. The van der Waals surface area contributed by atoms with E-state index in [-0.39, 0.29) is 61.6 Å². The molecule has 11 nitrogen and oxygen atoms in total. The first kappa shape index (κ1) is 36.3. The van der Waals surface area contributed by atoms with Crippen LogP contribution < -0.4 is 58.5 Å². The normalized spacial score (nSPS) is 14.6. The molecule has 0 aliphatic rings. The second-order valence-corrected chi connectivity index (χ2v) is 11.7. The SMILES string of the molecule is COP(=O)([O-])Cc1cc(CP(=O)(O)OC)cc(N=C([O-])CCCNCc2ccccc2B(O)O)c1.[Li+].[Li+]. The molecule has 4 N–H and O–H groups in total. The second-order valence-electron chi connectivity index (χ2n) is 7.80. The average molecular weight is 540 g/mol. The molecule has 2 aromatic carbocycles. The molecule has 2 unspecified atom stereocenters. The van der Waals surface area contributed by atoms with Gasteiger partial charge in [0.1, 0.15) is 7.60 Å². The third kappa shape index (κ3) is 13.3. The molecule has 37 heavy (non-hydrogen) atoms. The van der Waals surface area contributed by atoms with Gasteiger partial charge in [0.2, 0.25) is 0 Å². The van der Waals surface area contributed by atoms with E-state index >= 15 is 0 Å². The molecule has 0 saturated heterocycles. The van der Waals surface area contributed by atoms with Crippen LogP contribution >= 0.6 is 15.2 Å². The summed E-state index contributed by atoms with van der Waals surface area (Å²) in [6, 6.07) is 11.2. The molecule has 16 heteroatoms. The minimum Gasteiger partial charge on any atom is -0.862 e. The van der Waals surface area contributed by atoms with E-state index < -0.39 is 34.4 Å². The second kappa shape index (κ2) is 17.1. The Morgan fingerprint density at radius 2 is 1.68 bits per heavy atom. The van der Waals surface area contributed by atoms with E-state index in [1.165, 1.54) is 18.2 Å². The third-order valence-electron chi connectivity index (χ3n) is 5.01. The van der Waals surface area contributed by atoms with Crippen LogP contribution in [0.15, 0.2) is 47.5 Å². The van der Waals surface area contributed by atoms with Gasteiger partial charge in [-0.3, -0.25) is 9.56 Å². The van der Waals surface area contributed by atoms with Crippen LogP contribution in [0.3, 0.4) is 0 Å². The smallest absolute Gasteiger partial charge is 0.862 e. The van der Waals surface area contributed by atoms with Crippen LogP contribution in [0, 0.1) is 0 Å². The van der Waals surface area contributed by atoms with Gasteiger partial charge in [-0.05, 0) is 59.6 Å². The van der Waals surface area contributed by atoms with Crippen molar-refractivity contribution in [1.29, 1.82) is 0 Å². The summed E-state index contributed by atoms with van der Waals surface area (Å²) in [6.45, 7) is 0.858. The maximum atomic E-state index is 12.4. The van der Waals surface area contributed by atoms with Crippen LogP contribution in [-0.4, -0.2) is 48.7 Å². The number of hydrogen-bond acceptors (Lipinski definition) is 10. The van der Waals surface area contributed by atoms with Crippen molar-refractivity contribution in [3.05, 3.63) is 59.2 Å². The molecule has 0 bridgehead atoms. The summed E-state index contributed by atoms with van der Waals surface area (Å²) in [4.78, 5) is 25.6. The first-order valence-corrected chi connectivity index (χ1v) is 14.2. The minimum atomic E-state index is -4.17. The summed E-state index contributed by atoms with van der Waals surface area (Å²) in [5.74, 6) is -0.447. The first-order chi connectivity index (χ1) is 16.4. The summed E-state index contributed by atoms with van der Waals surface area (Å²) in [5.41, 5.74) is 1.85. The Kier molecular flexibility index (Phi) is 16.8. The average Bonchev–Trinajstić information content (AvgIpc) is 2.78. The Morgan fingerprint density at radius 3 is 2.27 bits per heavy atom. The van der Waals surface area contributed by atoms with Crippen LogP contribution in [0.4, 0.5) is 5.69 Å². The van der Waals surface area contributed by atoms with Crippen LogP contribution in [0.5, 0.6) is 0 Å². The number of benzene rings is 2. The van der Waals surface area contributed by atoms with E-state index in [1.54, 1.807) is 24.3 Å². The Morgan fingerprint density at radius 1 is 1.05 bits per heavy atom. The Balaban J connectivity index is 0.00000648. The maximum absolute atomic E-state index is 12.4. The molecular formula is C21H29BLi2N2O9P2. The summed E-state index contributed by atoms with van der Waals surface area (Å²) >= 11 is 0. The van der Waals surface area contributed by atoms with E-state index in [2.05, 4.69) is 19.4 Å². The van der Waals surface area contributed by atoms with Crippen LogP contribution in [-0.2, 0) is 37.0 Å². The maximum Gasteiger partial charge on any atom is 1.00 e. The molecule has 0 spiro atoms. The standard InChI is InChI=1S/C21H31BN2O9P2.2Li/c1-32-34(28,29)14-16-10-17(15-35(30,31)33-2)12-19(11-16)24-21(25)8-5-9-23-13-18-6-3-4-7-20(18)22(26)27;;/h3-4,6-7,10-12,23,26-27H,5,8-9,13-15H2,1-2H3,(H,24,25)(H,28,29)(H,30,31);;/q;2*+1/p-2. The topological polar surface area (TPSA) is 184 Å². The van der Waals surface area contributed by atoms with Gasteiger partial charge in [-0.25, -0.2) is 0 Å². The number of hydrogen-bond donors (Lipinski definition) is 4. The van der Waals surface area contributed by atoms with E-state index in [0.717, 1.165) is 19.8 Å². The van der Waals surface area contributed by atoms with Crippen molar-refractivity contribution in [2.75, 3.05) is 20.8 Å². The van der Waals surface area contributed by atoms with Crippen molar-refractivity contribution in [2.45, 2.75) is 31.7 Å². The van der Waals surface area contributed by atoms with Gasteiger partial charge in [-0.2, -0.15) is 0 Å². The molecule has 0 aliphatic heterocycles.